The van der Waals surface area contributed by atoms with Crippen molar-refractivity contribution in [3.8, 4) is 0 Å². The number of likely N-dealkylation sites (tertiary alicyclic amines) is 1. The van der Waals surface area contributed by atoms with Gasteiger partial charge in [0, 0.05) is 36.2 Å². The van der Waals surface area contributed by atoms with E-state index in [1.165, 1.54) is 29.7 Å². The molecule has 2 N–H and O–H groups in total. The topological polar surface area (TPSA) is 52.0 Å². The van der Waals surface area contributed by atoms with Crippen molar-refractivity contribution in [2.24, 2.45) is 5.92 Å². The third-order valence-corrected chi connectivity index (χ3v) is 5.67. The zero-order chi connectivity index (χ0) is 19.2. The molecule has 3 heterocycles. The van der Waals surface area contributed by atoms with Crippen LogP contribution in [0.5, 0.6) is 0 Å². The van der Waals surface area contributed by atoms with E-state index in [0.717, 1.165) is 43.9 Å². The molecule has 27 heavy (non-hydrogen) atoms. The summed E-state index contributed by atoms with van der Waals surface area (Å²) in [5.41, 5.74) is 6.60. The molecule has 0 bridgehead atoms. The number of allylic oxidation sites excluding steroid dienone is 4. The lowest BCUT2D eigenvalue weighted by Crippen LogP contribution is -2.35. The normalized spacial score (nSPS) is 19.3. The first kappa shape index (κ1) is 19.6. The molecule has 1 saturated heterocycles. The minimum Gasteiger partial charge on any atom is -0.385 e. The van der Waals surface area contributed by atoms with Crippen LogP contribution in [-0.2, 0) is 0 Å². The maximum absolute atomic E-state index is 8.38. The minimum atomic E-state index is 0.598. The average molecular weight is 365 g/mol. The summed E-state index contributed by atoms with van der Waals surface area (Å²) in [6, 6.07) is 3.91. The Hall–Kier alpha value is -2.20. The first-order valence-corrected chi connectivity index (χ1v) is 10.0. The van der Waals surface area contributed by atoms with Gasteiger partial charge in [-0.15, -0.1) is 0 Å². The second-order valence-corrected chi connectivity index (χ2v) is 7.84. The van der Waals surface area contributed by atoms with Crippen LogP contribution in [0.2, 0.25) is 0 Å². The number of dihydropyridines is 1. The smallest absolute Gasteiger partial charge is 0.0612 e. The van der Waals surface area contributed by atoms with Crippen molar-refractivity contribution in [3.63, 3.8) is 0 Å². The van der Waals surface area contributed by atoms with Gasteiger partial charge in [0.15, 0.2) is 0 Å². The van der Waals surface area contributed by atoms with Crippen molar-refractivity contribution in [1.82, 2.24) is 15.2 Å². The summed E-state index contributed by atoms with van der Waals surface area (Å²) in [4.78, 5) is 6.81. The SMILES string of the molecule is CC1=CC(CCN2CCC(/C(C)=C/C(=N)c3ccnc(C)c3)CC2)=CCN1. The van der Waals surface area contributed by atoms with Gasteiger partial charge in [0.2, 0.25) is 0 Å². The standard InChI is InChI=1S/C23H32N4/c1-17(14-23(24)22-5-10-26-19(3)16-22)21-7-12-27(13-8-21)11-6-20-4-9-25-18(2)15-20/h4-5,10,14-16,21,24-25H,6-9,11-13H2,1-3H3/b17-14+,24-23?. The predicted octanol–water partition coefficient (Wildman–Crippen LogP) is 4.24. The summed E-state index contributed by atoms with van der Waals surface area (Å²) in [5.74, 6) is 0.602. The van der Waals surface area contributed by atoms with Crippen LogP contribution >= 0.6 is 0 Å². The van der Waals surface area contributed by atoms with Crippen LogP contribution in [0.3, 0.4) is 0 Å². The summed E-state index contributed by atoms with van der Waals surface area (Å²) in [6.07, 6.45) is 12.0. The molecule has 1 aromatic heterocycles. The predicted molar refractivity (Wildman–Crippen MR) is 113 cm³/mol. The number of rotatable bonds is 6. The third kappa shape index (κ3) is 5.64. The molecule has 0 aliphatic carbocycles. The highest BCUT2D eigenvalue weighted by molar-refractivity contribution is 6.06. The number of hydrogen-bond acceptors (Lipinski definition) is 4. The van der Waals surface area contributed by atoms with Gasteiger partial charge in [-0.05, 0) is 88.9 Å². The molecule has 0 unspecified atom stereocenters. The van der Waals surface area contributed by atoms with Crippen molar-refractivity contribution >= 4 is 5.71 Å². The molecule has 0 saturated carbocycles. The molecule has 144 valence electrons. The number of hydrogen-bond donors (Lipinski definition) is 2. The van der Waals surface area contributed by atoms with Crippen LogP contribution in [0, 0.1) is 18.3 Å². The highest BCUT2D eigenvalue weighted by atomic mass is 15.1. The Morgan fingerprint density at radius 3 is 2.81 bits per heavy atom. The van der Waals surface area contributed by atoms with Crippen LogP contribution in [0.15, 0.2) is 53.4 Å². The molecule has 0 atom stereocenters. The number of piperidine rings is 1. The number of aromatic nitrogens is 1. The van der Waals surface area contributed by atoms with Crippen molar-refractivity contribution in [2.45, 2.75) is 40.0 Å². The molecule has 1 aromatic rings. The highest BCUT2D eigenvalue weighted by Gasteiger charge is 2.20. The van der Waals surface area contributed by atoms with E-state index in [-0.39, 0.29) is 0 Å². The van der Waals surface area contributed by atoms with Crippen LogP contribution < -0.4 is 5.32 Å². The average Bonchev–Trinajstić information content (AvgIpc) is 2.67. The Bertz CT molecular complexity index is 764. The summed E-state index contributed by atoms with van der Waals surface area (Å²) in [6.45, 7) is 10.7. The van der Waals surface area contributed by atoms with E-state index in [0.29, 0.717) is 11.6 Å². The van der Waals surface area contributed by atoms with Crippen molar-refractivity contribution in [2.75, 3.05) is 26.2 Å². The molecule has 0 aromatic carbocycles. The largest absolute Gasteiger partial charge is 0.385 e. The highest BCUT2D eigenvalue weighted by Crippen LogP contribution is 2.25. The second kappa shape index (κ2) is 9.14. The third-order valence-electron chi connectivity index (χ3n) is 5.67. The Kier molecular flexibility index (Phi) is 6.62. The van der Waals surface area contributed by atoms with Crippen molar-refractivity contribution < 1.29 is 0 Å². The molecule has 2 aliphatic rings. The Morgan fingerprint density at radius 2 is 2.11 bits per heavy atom. The zero-order valence-corrected chi connectivity index (χ0v) is 16.9. The first-order chi connectivity index (χ1) is 13.0. The monoisotopic (exact) mass is 364 g/mol. The van der Waals surface area contributed by atoms with E-state index in [1.54, 1.807) is 6.20 Å². The quantitative estimate of drug-likeness (QED) is 0.742. The van der Waals surface area contributed by atoms with Crippen LogP contribution in [0.4, 0.5) is 0 Å². The lowest BCUT2D eigenvalue weighted by Gasteiger charge is -2.32. The van der Waals surface area contributed by atoms with Gasteiger partial charge < -0.3 is 15.6 Å². The number of aryl methyl sites for hydroxylation is 1. The molecule has 0 amide bonds. The van der Waals surface area contributed by atoms with Gasteiger partial charge in [-0.2, -0.15) is 0 Å². The van der Waals surface area contributed by atoms with Gasteiger partial charge in [-0.3, -0.25) is 4.98 Å². The van der Waals surface area contributed by atoms with Gasteiger partial charge >= 0.3 is 0 Å². The molecule has 0 radical (unpaired) electrons. The molecule has 2 aliphatic heterocycles. The van der Waals surface area contributed by atoms with E-state index in [4.69, 9.17) is 5.41 Å². The van der Waals surface area contributed by atoms with Crippen LogP contribution in [0.1, 0.15) is 44.4 Å². The van der Waals surface area contributed by atoms with Gasteiger partial charge in [-0.25, -0.2) is 0 Å². The summed E-state index contributed by atoms with van der Waals surface area (Å²) < 4.78 is 0. The Labute approximate surface area is 163 Å². The van der Waals surface area contributed by atoms with Crippen molar-refractivity contribution in [3.05, 3.63) is 64.7 Å². The number of pyridine rings is 1. The van der Waals surface area contributed by atoms with Crippen LogP contribution in [-0.4, -0.2) is 41.8 Å². The maximum atomic E-state index is 8.38. The van der Waals surface area contributed by atoms with Gasteiger partial charge in [0.25, 0.3) is 0 Å². The number of nitrogens with one attached hydrogen (secondary N) is 2. The molecular weight excluding hydrogens is 332 g/mol. The van der Waals surface area contributed by atoms with E-state index < -0.39 is 0 Å². The van der Waals surface area contributed by atoms with E-state index >= 15 is 0 Å². The second-order valence-electron chi connectivity index (χ2n) is 7.84. The fraction of sp³-hybridized carbons (Fsp3) is 0.478. The van der Waals surface area contributed by atoms with Crippen molar-refractivity contribution in [1.29, 1.82) is 5.41 Å². The zero-order valence-electron chi connectivity index (χ0n) is 16.9. The lowest BCUT2D eigenvalue weighted by atomic mass is 9.88. The molecule has 3 rings (SSSR count). The van der Waals surface area contributed by atoms with Gasteiger partial charge in [0.1, 0.15) is 0 Å². The molecule has 0 spiro atoms. The molecule has 4 nitrogen and oxygen atoms in total. The Morgan fingerprint density at radius 1 is 1.33 bits per heavy atom. The van der Waals surface area contributed by atoms with Crippen LogP contribution in [0.25, 0.3) is 0 Å². The van der Waals surface area contributed by atoms with E-state index in [1.807, 2.05) is 19.1 Å². The van der Waals surface area contributed by atoms with Gasteiger partial charge in [0.05, 0.1) is 5.71 Å². The Balaban J connectivity index is 1.48. The summed E-state index contributed by atoms with van der Waals surface area (Å²) >= 11 is 0. The summed E-state index contributed by atoms with van der Waals surface area (Å²) in [5, 5.41) is 11.7. The van der Waals surface area contributed by atoms with Gasteiger partial charge in [-0.1, -0.05) is 11.6 Å². The molecule has 1 fully saturated rings. The van der Waals surface area contributed by atoms with E-state index in [9.17, 15) is 0 Å². The fourth-order valence-electron chi connectivity index (χ4n) is 3.95. The lowest BCUT2D eigenvalue weighted by molar-refractivity contribution is 0.201. The fourth-order valence-corrected chi connectivity index (χ4v) is 3.95. The summed E-state index contributed by atoms with van der Waals surface area (Å²) in [7, 11) is 0. The number of nitrogens with zero attached hydrogens (tertiary/aromatic N) is 2. The molecule has 4 heteroatoms. The molecular formula is C23H32N4. The first-order valence-electron chi connectivity index (χ1n) is 10.0. The maximum Gasteiger partial charge on any atom is 0.0612 e. The van der Waals surface area contributed by atoms with E-state index in [2.05, 4.69) is 47.3 Å². The minimum absolute atomic E-state index is 0.598.